The summed E-state index contributed by atoms with van der Waals surface area (Å²) in [6, 6.07) is 0. The van der Waals surface area contributed by atoms with Crippen molar-refractivity contribution in [3.05, 3.63) is 0 Å². The zero-order chi connectivity index (χ0) is 14.7. The number of aliphatic hydroxyl groups is 1. The Balaban J connectivity index is 1.45. The Labute approximate surface area is 127 Å². The highest BCUT2D eigenvalue weighted by atomic mass is 16.5. The molecule has 1 saturated carbocycles. The van der Waals surface area contributed by atoms with Gasteiger partial charge in [0.1, 0.15) is 6.10 Å². The van der Waals surface area contributed by atoms with E-state index in [4.69, 9.17) is 4.74 Å². The highest BCUT2D eigenvalue weighted by molar-refractivity contribution is 5.81. The Bertz CT molecular complexity index is 355. The van der Waals surface area contributed by atoms with E-state index >= 15 is 0 Å². The molecule has 5 nitrogen and oxygen atoms in total. The van der Waals surface area contributed by atoms with Gasteiger partial charge in [-0.1, -0.05) is 19.3 Å². The van der Waals surface area contributed by atoms with Gasteiger partial charge in [-0.05, 0) is 25.7 Å². The van der Waals surface area contributed by atoms with Gasteiger partial charge in [0.15, 0.2) is 0 Å². The maximum absolute atomic E-state index is 12.3. The maximum atomic E-state index is 12.3. The quantitative estimate of drug-likeness (QED) is 0.844. The van der Waals surface area contributed by atoms with Gasteiger partial charge in [0.25, 0.3) is 5.91 Å². The lowest BCUT2D eigenvalue weighted by Gasteiger charge is -2.41. The molecule has 5 heteroatoms. The summed E-state index contributed by atoms with van der Waals surface area (Å²) in [7, 11) is 0. The molecule has 21 heavy (non-hydrogen) atoms. The Morgan fingerprint density at radius 3 is 2.43 bits per heavy atom. The van der Waals surface area contributed by atoms with Crippen molar-refractivity contribution in [3.8, 4) is 0 Å². The van der Waals surface area contributed by atoms with Gasteiger partial charge in [-0.15, -0.1) is 0 Å². The third kappa shape index (κ3) is 3.76. The first kappa shape index (κ1) is 15.3. The molecule has 2 saturated heterocycles. The van der Waals surface area contributed by atoms with Gasteiger partial charge in [0.05, 0.1) is 5.60 Å². The van der Waals surface area contributed by atoms with Crippen LogP contribution in [0.15, 0.2) is 0 Å². The van der Waals surface area contributed by atoms with Crippen molar-refractivity contribution < 1.29 is 14.6 Å². The first-order chi connectivity index (χ1) is 10.2. The lowest BCUT2D eigenvalue weighted by Crippen LogP contribution is -2.55. The van der Waals surface area contributed by atoms with E-state index in [1.807, 2.05) is 4.90 Å². The van der Waals surface area contributed by atoms with Crippen LogP contribution in [-0.2, 0) is 9.53 Å². The molecule has 2 heterocycles. The number of piperazine rings is 1. The summed E-state index contributed by atoms with van der Waals surface area (Å²) in [4.78, 5) is 16.6. The fraction of sp³-hybridized carbons (Fsp3) is 0.938. The van der Waals surface area contributed by atoms with E-state index in [-0.39, 0.29) is 12.0 Å². The molecule has 0 aromatic heterocycles. The average Bonchev–Trinajstić information content (AvgIpc) is 3.02. The summed E-state index contributed by atoms with van der Waals surface area (Å²) >= 11 is 0. The van der Waals surface area contributed by atoms with Crippen LogP contribution in [0, 0.1) is 0 Å². The van der Waals surface area contributed by atoms with Crippen LogP contribution in [0.5, 0.6) is 0 Å². The Morgan fingerprint density at radius 2 is 1.81 bits per heavy atom. The average molecular weight is 296 g/mol. The standard InChI is InChI=1S/C16H28N2O3/c19-15(14-5-4-12-21-14)18-10-8-17(9-11-18)13-16(20)6-2-1-3-7-16/h14,20H,1-13H2. The number of β-amino-alcohol motifs (C(OH)–C–C–N with tert-alkyl or cyclic N) is 1. The van der Waals surface area contributed by atoms with Crippen molar-refractivity contribution in [1.82, 2.24) is 9.80 Å². The maximum Gasteiger partial charge on any atom is 0.251 e. The predicted octanol–water partition coefficient (Wildman–Crippen LogP) is 1.00. The van der Waals surface area contributed by atoms with Crippen molar-refractivity contribution >= 4 is 5.91 Å². The van der Waals surface area contributed by atoms with Gasteiger partial charge in [-0.2, -0.15) is 0 Å². The molecule has 0 bridgehead atoms. The number of nitrogens with zero attached hydrogens (tertiary/aromatic N) is 2. The number of carbonyl (C=O) groups excluding carboxylic acids is 1. The van der Waals surface area contributed by atoms with Gasteiger partial charge in [-0.3, -0.25) is 9.69 Å². The van der Waals surface area contributed by atoms with Crippen molar-refractivity contribution in [1.29, 1.82) is 0 Å². The molecule has 1 N–H and O–H groups in total. The highest BCUT2D eigenvalue weighted by Gasteiger charge is 2.34. The first-order valence-electron chi connectivity index (χ1n) is 8.51. The first-order valence-corrected chi connectivity index (χ1v) is 8.51. The van der Waals surface area contributed by atoms with Gasteiger partial charge in [-0.25, -0.2) is 0 Å². The lowest BCUT2D eigenvalue weighted by molar-refractivity contribution is -0.143. The minimum Gasteiger partial charge on any atom is -0.389 e. The third-order valence-electron chi connectivity index (χ3n) is 5.19. The minimum atomic E-state index is -0.487. The summed E-state index contributed by atoms with van der Waals surface area (Å²) < 4.78 is 5.49. The zero-order valence-corrected chi connectivity index (χ0v) is 12.9. The van der Waals surface area contributed by atoms with Crippen LogP contribution in [0.1, 0.15) is 44.9 Å². The zero-order valence-electron chi connectivity index (χ0n) is 12.9. The van der Waals surface area contributed by atoms with E-state index in [0.717, 1.165) is 77.9 Å². The number of ether oxygens (including phenoxy) is 1. The van der Waals surface area contributed by atoms with Crippen LogP contribution < -0.4 is 0 Å². The molecule has 3 aliphatic rings. The highest BCUT2D eigenvalue weighted by Crippen LogP contribution is 2.29. The molecule has 1 atom stereocenters. The van der Waals surface area contributed by atoms with E-state index < -0.39 is 5.60 Å². The van der Waals surface area contributed by atoms with Gasteiger partial charge < -0.3 is 14.7 Å². The Hall–Kier alpha value is -0.650. The van der Waals surface area contributed by atoms with E-state index in [9.17, 15) is 9.90 Å². The fourth-order valence-corrected chi connectivity index (χ4v) is 3.89. The Kier molecular flexibility index (Phi) is 4.82. The van der Waals surface area contributed by atoms with Gasteiger partial charge >= 0.3 is 0 Å². The van der Waals surface area contributed by atoms with Crippen molar-refractivity contribution in [2.24, 2.45) is 0 Å². The molecule has 2 aliphatic heterocycles. The van der Waals surface area contributed by atoms with Gasteiger partial charge in [0, 0.05) is 39.3 Å². The summed E-state index contributed by atoms with van der Waals surface area (Å²) in [5, 5.41) is 10.6. The van der Waals surface area contributed by atoms with E-state index in [2.05, 4.69) is 4.90 Å². The minimum absolute atomic E-state index is 0.170. The molecule has 1 aliphatic carbocycles. The van der Waals surface area contributed by atoms with E-state index in [1.165, 1.54) is 6.42 Å². The number of rotatable bonds is 3. The molecule has 0 radical (unpaired) electrons. The number of hydrogen-bond acceptors (Lipinski definition) is 4. The molecule has 3 fully saturated rings. The topological polar surface area (TPSA) is 53.0 Å². The van der Waals surface area contributed by atoms with Crippen LogP contribution >= 0.6 is 0 Å². The van der Waals surface area contributed by atoms with Crippen LogP contribution in [-0.4, -0.2) is 71.8 Å². The van der Waals surface area contributed by atoms with Crippen molar-refractivity contribution in [3.63, 3.8) is 0 Å². The molecule has 0 spiro atoms. The molecular weight excluding hydrogens is 268 g/mol. The van der Waals surface area contributed by atoms with Crippen LogP contribution in [0.25, 0.3) is 0 Å². The molecule has 120 valence electrons. The SMILES string of the molecule is O=C(C1CCCO1)N1CCN(CC2(O)CCCCC2)CC1. The number of amides is 1. The predicted molar refractivity (Wildman–Crippen MR) is 80.0 cm³/mol. The third-order valence-corrected chi connectivity index (χ3v) is 5.19. The normalized spacial score (nSPS) is 30.5. The molecule has 3 rings (SSSR count). The van der Waals surface area contributed by atoms with E-state index in [1.54, 1.807) is 0 Å². The van der Waals surface area contributed by atoms with Gasteiger partial charge in [0.2, 0.25) is 0 Å². The second-order valence-electron chi connectivity index (χ2n) is 6.89. The summed E-state index contributed by atoms with van der Waals surface area (Å²) in [5.41, 5.74) is -0.487. The van der Waals surface area contributed by atoms with Crippen molar-refractivity contribution in [2.45, 2.75) is 56.7 Å². The van der Waals surface area contributed by atoms with E-state index in [0.29, 0.717) is 0 Å². The summed E-state index contributed by atoms with van der Waals surface area (Å²) in [6.07, 6.45) is 7.10. The largest absolute Gasteiger partial charge is 0.389 e. The van der Waals surface area contributed by atoms with Crippen molar-refractivity contribution in [2.75, 3.05) is 39.3 Å². The molecule has 0 aromatic rings. The van der Waals surface area contributed by atoms with Crippen LogP contribution in [0.2, 0.25) is 0 Å². The number of hydrogen-bond donors (Lipinski definition) is 1. The second kappa shape index (κ2) is 6.63. The second-order valence-corrected chi connectivity index (χ2v) is 6.89. The number of carbonyl (C=O) groups is 1. The smallest absolute Gasteiger partial charge is 0.251 e. The monoisotopic (exact) mass is 296 g/mol. The fourth-order valence-electron chi connectivity index (χ4n) is 3.89. The molecule has 0 aromatic carbocycles. The summed E-state index contributed by atoms with van der Waals surface area (Å²) in [6.45, 7) is 4.80. The molecular formula is C16H28N2O3. The molecule has 1 amide bonds. The Morgan fingerprint density at radius 1 is 1.10 bits per heavy atom. The van der Waals surface area contributed by atoms with Crippen LogP contribution in [0.4, 0.5) is 0 Å². The molecule has 1 unspecified atom stereocenters. The lowest BCUT2D eigenvalue weighted by atomic mass is 9.84. The van der Waals surface area contributed by atoms with Crippen LogP contribution in [0.3, 0.4) is 0 Å². The summed E-state index contributed by atoms with van der Waals surface area (Å²) in [5.74, 6) is 0.170.